The monoisotopic (exact) mass is 299 g/mol. The molecule has 110 valence electrons. The lowest BCUT2D eigenvalue weighted by Crippen LogP contribution is -2.49. The van der Waals surface area contributed by atoms with Crippen LogP contribution in [0.1, 0.15) is 33.1 Å². The number of benzene rings is 1. The molecule has 1 amide bonds. The van der Waals surface area contributed by atoms with Gasteiger partial charge in [-0.15, -0.1) is 0 Å². The zero-order valence-corrected chi connectivity index (χ0v) is 12.5. The van der Waals surface area contributed by atoms with Crippen LogP contribution < -0.4 is 4.74 Å². The molecule has 1 fully saturated rings. The number of hydrogen-bond acceptors (Lipinski definition) is 2. The van der Waals surface area contributed by atoms with Crippen molar-refractivity contribution in [2.45, 2.75) is 45.2 Å². The first-order valence-corrected chi connectivity index (χ1v) is 7.26. The number of hydrogen-bond donors (Lipinski definition) is 0. The average molecular weight is 300 g/mol. The number of piperidine rings is 1. The Kier molecular flexibility index (Phi) is 4.86. The lowest BCUT2D eigenvalue weighted by molar-refractivity contribution is -0.139. The number of nitrogens with zero attached hydrogens (tertiary/aromatic N) is 1. The van der Waals surface area contributed by atoms with Crippen molar-refractivity contribution in [3.8, 4) is 5.75 Å². The lowest BCUT2D eigenvalue weighted by atomic mass is 9.97. The van der Waals surface area contributed by atoms with Gasteiger partial charge in [0.25, 0.3) is 5.91 Å². The highest BCUT2D eigenvalue weighted by molar-refractivity contribution is 6.32. The Morgan fingerprint density at radius 1 is 1.40 bits per heavy atom. The van der Waals surface area contributed by atoms with Crippen LogP contribution in [0.15, 0.2) is 18.2 Å². The van der Waals surface area contributed by atoms with Crippen LogP contribution in [0, 0.1) is 5.82 Å². The topological polar surface area (TPSA) is 29.5 Å². The highest BCUT2D eigenvalue weighted by Gasteiger charge is 2.29. The Labute approximate surface area is 123 Å². The van der Waals surface area contributed by atoms with Crippen LogP contribution in [0.3, 0.4) is 0 Å². The molecule has 20 heavy (non-hydrogen) atoms. The number of ether oxygens (including phenoxy) is 1. The zero-order chi connectivity index (χ0) is 14.7. The molecule has 1 aliphatic rings. The van der Waals surface area contributed by atoms with Crippen molar-refractivity contribution in [1.82, 2.24) is 4.90 Å². The van der Waals surface area contributed by atoms with E-state index < -0.39 is 5.82 Å². The van der Waals surface area contributed by atoms with Gasteiger partial charge in [-0.2, -0.15) is 0 Å². The Balaban J connectivity index is 1.97. The summed E-state index contributed by atoms with van der Waals surface area (Å²) >= 11 is 5.87. The van der Waals surface area contributed by atoms with E-state index in [1.807, 2.05) is 4.90 Å². The van der Waals surface area contributed by atoms with Crippen LogP contribution in [0.25, 0.3) is 0 Å². The number of carbonyl (C=O) groups excluding carboxylic acids is 1. The summed E-state index contributed by atoms with van der Waals surface area (Å²) in [7, 11) is 0. The summed E-state index contributed by atoms with van der Waals surface area (Å²) in [6, 6.07) is 4.34. The molecule has 0 aliphatic carbocycles. The Morgan fingerprint density at radius 3 is 2.65 bits per heavy atom. The molecule has 0 radical (unpaired) electrons. The summed E-state index contributed by atoms with van der Waals surface area (Å²) in [4.78, 5) is 14.1. The van der Waals surface area contributed by atoms with Gasteiger partial charge in [0.2, 0.25) is 0 Å². The second-order valence-electron chi connectivity index (χ2n) is 5.29. The second kappa shape index (κ2) is 6.44. The summed E-state index contributed by atoms with van der Waals surface area (Å²) in [5.41, 5.74) is 0. The molecule has 2 atom stereocenters. The minimum absolute atomic E-state index is 0.0508. The third-order valence-corrected chi connectivity index (χ3v) is 4.02. The standard InChI is InChI=1S/C15H19ClFNO2/c1-10-4-3-5-11(2)18(10)15(19)9-20-14-7-6-12(17)8-13(14)16/h6-8,10-11H,3-5,9H2,1-2H3/t10-,11-/m0/s1. The molecule has 5 heteroatoms. The molecule has 3 nitrogen and oxygen atoms in total. The predicted octanol–water partition coefficient (Wildman–Crippen LogP) is 3.65. The zero-order valence-electron chi connectivity index (χ0n) is 11.7. The number of amides is 1. The molecule has 2 rings (SSSR count). The summed E-state index contributed by atoms with van der Waals surface area (Å²) in [5.74, 6) is -0.143. The molecule has 0 bridgehead atoms. The van der Waals surface area contributed by atoms with E-state index in [0.717, 1.165) is 19.3 Å². The van der Waals surface area contributed by atoms with Gasteiger partial charge in [-0.1, -0.05) is 11.6 Å². The van der Waals surface area contributed by atoms with E-state index in [2.05, 4.69) is 13.8 Å². The van der Waals surface area contributed by atoms with Gasteiger partial charge in [0.1, 0.15) is 11.6 Å². The largest absolute Gasteiger partial charge is 0.482 e. The quantitative estimate of drug-likeness (QED) is 0.852. The van der Waals surface area contributed by atoms with Gasteiger partial charge in [0, 0.05) is 12.1 Å². The van der Waals surface area contributed by atoms with Crippen molar-refractivity contribution in [2.75, 3.05) is 6.61 Å². The lowest BCUT2D eigenvalue weighted by Gasteiger charge is -2.39. The Morgan fingerprint density at radius 2 is 2.05 bits per heavy atom. The van der Waals surface area contributed by atoms with Gasteiger partial charge in [0.05, 0.1) is 5.02 Å². The van der Waals surface area contributed by atoms with Gasteiger partial charge >= 0.3 is 0 Å². The van der Waals surface area contributed by atoms with Crippen molar-refractivity contribution in [3.05, 3.63) is 29.0 Å². The van der Waals surface area contributed by atoms with E-state index in [1.54, 1.807) is 0 Å². The van der Waals surface area contributed by atoms with Crippen molar-refractivity contribution in [3.63, 3.8) is 0 Å². The van der Waals surface area contributed by atoms with Crippen LogP contribution in [0.5, 0.6) is 5.75 Å². The SMILES string of the molecule is C[C@H]1CCC[C@H](C)N1C(=O)COc1ccc(F)cc1Cl. The molecule has 1 aliphatic heterocycles. The van der Waals surface area contributed by atoms with Crippen molar-refractivity contribution in [2.24, 2.45) is 0 Å². The van der Waals surface area contributed by atoms with Crippen molar-refractivity contribution >= 4 is 17.5 Å². The Bertz CT molecular complexity index is 485. The fraction of sp³-hybridized carbons (Fsp3) is 0.533. The molecular formula is C15H19ClFNO2. The van der Waals surface area contributed by atoms with Gasteiger partial charge in [0.15, 0.2) is 6.61 Å². The average Bonchev–Trinajstić information content (AvgIpc) is 2.37. The molecule has 0 saturated carbocycles. The summed E-state index contributed by atoms with van der Waals surface area (Å²) in [6.07, 6.45) is 3.19. The van der Waals surface area contributed by atoms with Crippen LogP contribution in [-0.2, 0) is 4.79 Å². The van der Waals surface area contributed by atoms with E-state index in [9.17, 15) is 9.18 Å². The summed E-state index contributed by atoms with van der Waals surface area (Å²) in [5, 5.41) is 0.178. The minimum Gasteiger partial charge on any atom is -0.482 e. The van der Waals surface area contributed by atoms with Crippen molar-refractivity contribution in [1.29, 1.82) is 0 Å². The van der Waals surface area contributed by atoms with Crippen molar-refractivity contribution < 1.29 is 13.9 Å². The number of carbonyl (C=O) groups is 1. The van der Waals surface area contributed by atoms with E-state index in [-0.39, 0.29) is 29.6 Å². The highest BCUT2D eigenvalue weighted by Crippen LogP contribution is 2.26. The fourth-order valence-corrected chi connectivity index (χ4v) is 2.94. The highest BCUT2D eigenvalue weighted by atomic mass is 35.5. The fourth-order valence-electron chi connectivity index (χ4n) is 2.72. The van der Waals surface area contributed by atoms with Gasteiger partial charge in [-0.05, 0) is 51.3 Å². The predicted molar refractivity (Wildman–Crippen MR) is 76.5 cm³/mol. The third-order valence-electron chi connectivity index (χ3n) is 3.73. The number of halogens is 2. The first-order chi connectivity index (χ1) is 9.49. The third kappa shape index (κ3) is 3.42. The van der Waals surface area contributed by atoms with E-state index in [4.69, 9.17) is 16.3 Å². The van der Waals surface area contributed by atoms with Crippen LogP contribution >= 0.6 is 11.6 Å². The molecule has 1 aromatic rings. The molecule has 1 saturated heterocycles. The smallest absolute Gasteiger partial charge is 0.260 e. The first kappa shape index (κ1) is 15.1. The normalized spacial score (nSPS) is 22.7. The molecule has 0 unspecified atom stereocenters. The van der Waals surface area contributed by atoms with Gasteiger partial charge < -0.3 is 9.64 Å². The maximum Gasteiger partial charge on any atom is 0.260 e. The minimum atomic E-state index is -0.424. The molecule has 0 spiro atoms. The summed E-state index contributed by atoms with van der Waals surface area (Å²) in [6.45, 7) is 4.04. The van der Waals surface area contributed by atoms with Crippen LogP contribution in [0.4, 0.5) is 4.39 Å². The number of rotatable bonds is 3. The van der Waals surface area contributed by atoms with E-state index in [1.165, 1.54) is 18.2 Å². The second-order valence-corrected chi connectivity index (χ2v) is 5.70. The van der Waals surface area contributed by atoms with Gasteiger partial charge in [-0.3, -0.25) is 4.79 Å². The molecule has 0 aromatic heterocycles. The van der Waals surface area contributed by atoms with Crippen LogP contribution in [-0.4, -0.2) is 29.5 Å². The maximum atomic E-state index is 12.9. The van der Waals surface area contributed by atoms with E-state index >= 15 is 0 Å². The van der Waals surface area contributed by atoms with E-state index in [0.29, 0.717) is 5.75 Å². The molecular weight excluding hydrogens is 281 g/mol. The summed E-state index contributed by atoms with van der Waals surface area (Å²) < 4.78 is 18.3. The maximum absolute atomic E-state index is 12.9. The molecule has 1 heterocycles. The van der Waals surface area contributed by atoms with Gasteiger partial charge in [-0.25, -0.2) is 4.39 Å². The first-order valence-electron chi connectivity index (χ1n) is 6.88. The molecule has 0 N–H and O–H groups in total. The van der Waals surface area contributed by atoms with Crippen LogP contribution in [0.2, 0.25) is 5.02 Å². The number of likely N-dealkylation sites (tertiary alicyclic amines) is 1. The Hall–Kier alpha value is -1.29. The molecule has 1 aromatic carbocycles.